The number of carbonyl (C=O) groups excluding carboxylic acids is 1. The van der Waals surface area contributed by atoms with Gasteiger partial charge in [0.2, 0.25) is 0 Å². The van der Waals surface area contributed by atoms with E-state index in [1.807, 2.05) is 39.0 Å². The van der Waals surface area contributed by atoms with Gasteiger partial charge in [-0.15, -0.1) is 0 Å². The molecular formula is C13H19N3OS. The molecule has 4 nitrogen and oxygen atoms in total. The topological polar surface area (TPSA) is 58.4 Å². The second-order valence-corrected chi connectivity index (χ2v) is 5.59. The molecule has 5 heteroatoms. The van der Waals surface area contributed by atoms with Crippen LogP contribution in [0.5, 0.6) is 0 Å². The molecule has 18 heavy (non-hydrogen) atoms. The van der Waals surface area contributed by atoms with Crippen LogP contribution in [0.15, 0.2) is 24.3 Å². The number of hydrogen-bond donors (Lipinski definition) is 2. The van der Waals surface area contributed by atoms with E-state index in [1.54, 1.807) is 13.1 Å². The summed E-state index contributed by atoms with van der Waals surface area (Å²) in [6, 6.07) is 7.11. The van der Waals surface area contributed by atoms with Crippen LogP contribution in [0.4, 0.5) is 10.5 Å². The van der Waals surface area contributed by atoms with E-state index >= 15 is 0 Å². The average Bonchev–Trinajstić information content (AvgIpc) is 2.26. The van der Waals surface area contributed by atoms with E-state index in [-0.39, 0.29) is 11.6 Å². The molecule has 0 aliphatic carbocycles. The Morgan fingerprint density at radius 3 is 2.50 bits per heavy atom. The minimum absolute atomic E-state index is 0.164. The molecule has 0 aliphatic heterocycles. The van der Waals surface area contributed by atoms with Crippen LogP contribution in [-0.4, -0.2) is 23.6 Å². The van der Waals surface area contributed by atoms with Crippen molar-refractivity contribution in [1.82, 2.24) is 5.32 Å². The molecule has 0 aliphatic rings. The van der Waals surface area contributed by atoms with Crippen LogP contribution in [0.2, 0.25) is 0 Å². The van der Waals surface area contributed by atoms with Crippen LogP contribution in [0.1, 0.15) is 26.3 Å². The van der Waals surface area contributed by atoms with Crippen LogP contribution < -0.4 is 16.0 Å². The highest BCUT2D eigenvalue weighted by atomic mass is 32.1. The van der Waals surface area contributed by atoms with Crippen LogP contribution in [0, 0.1) is 0 Å². The molecule has 0 unspecified atom stereocenters. The van der Waals surface area contributed by atoms with Gasteiger partial charge < -0.3 is 11.1 Å². The summed E-state index contributed by atoms with van der Waals surface area (Å²) in [5.74, 6) is 0. The van der Waals surface area contributed by atoms with Crippen LogP contribution in [0.25, 0.3) is 0 Å². The summed E-state index contributed by atoms with van der Waals surface area (Å²) in [5, 5.41) is 2.89. The Morgan fingerprint density at radius 2 is 2.00 bits per heavy atom. The molecule has 0 atom stereocenters. The van der Waals surface area contributed by atoms with Crippen LogP contribution in [-0.2, 0) is 0 Å². The van der Waals surface area contributed by atoms with Gasteiger partial charge in [0.15, 0.2) is 0 Å². The number of benzene rings is 1. The van der Waals surface area contributed by atoms with Crippen molar-refractivity contribution in [1.29, 1.82) is 0 Å². The first-order valence-electron chi connectivity index (χ1n) is 5.66. The molecule has 0 aromatic heterocycles. The van der Waals surface area contributed by atoms with Gasteiger partial charge in [0.05, 0.1) is 0 Å². The van der Waals surface area contributed by atoms with Gasteiger partial charge in [-0.2, -0.15) is 0 Å². The van der Waals surface area contributed by atoms with E-state index in [4.69, 9.17) is 18.0 Å². The van der Waals surface area contributed by atoms with Crippen molar-refractivity contribution in [3.63, 3.8) is 0 Å². The molecule has 98 valence electrons. The van der Waals surface area contributed by atoms with Crippen molar-refractivity contribution in [2.75, 3.05) is 11.9 Å². The molecule has 1 aromatic rings. The smallest absolute Gasteiger partial charge is 0.322 e. The maximum absolute atomic E-state index is 12.0. The Labute approximate surface area is 113 Å². The van der Waals surface area contributed by atoms with E-state index in [0.29, 0.717) is 4.99 Å². The first-order chi connectivity index (χ1) is 8.20. The molecule has 0 bridgehead atoms. The van der Waals surface area contributed by atoms with E-state index in [9.17, 15) is 4.79 Å². The van der Waals surface area contributed by atoms with Gasteiger partial charge >= 0.3 is 6.03 Å². The summed E-state index contributed by atoms with van der Waals surface area (Å²) in [7, 11) is 1.71. The highest BCUT2D eigenvalue weighted by Crippen LogP contribution is 2.15. The van der Waals surface area contributed by atoms with Gasteiger partial charge in [0.25, 0.3) is 0 Å². The first kappa shape index (κ1) is 14.4. The molecule has 3 N–H and O–H groups in total. The zero-order chi connectivity index (χ0) is 13.9. The summed E-state index contributed by atoms with van der Waals surface area (Å²) in [5.41, 5.74) is 6.80. The Hall–Kier alpha value is -1.62. The molecule has 0 radical (unpaired) electrons. The number of rotatable bonds is 2. The van der Waals surface area contributed by atoms with Gasteiger partial charge in [-0.25, -0.2) is 4.79 Å². The SMILES string of the molecule is CN(C(=O)NC(C)(C)C)c1cccc(C(N)=S)c1. The maximum atomic E-state index is 12.0. The largest absolute Gasteiger partial charge is 0.389 e. The van der Waals surface area contributed by atoms with Crippen molar-refractivity contribution in [2.45, 2.75) is 26.3 Å². The van der Waals surface area contributed by atoms with E-state index in [2.05, 4.69) is 5.32 Å². The fourth-order valence-electron chi connectivity index (χ4n) is 1.39. The lowest BCUT2D eigenvalue weighted by Gasteiger charge is -2.26. The zero-order valence-electron chi connectivity index (χ0n) is 11.2. The lowest BCUT2D eigenvalue weighted by Crippen LogP contribution is -2.47. The Morgan fingerprint density at radius 1 is 1.39 bits per heavy atom. The predicted octanol–water partition coefficient (Wildman–Crippen LogP) is 2.27. The first-order valence-corrected chi connectivity index (χ1v) is 6.07. The third kappa shape index (κ3) is 4.00. The number of carbonyl (C=O) groups is 1. The molecule has 0 saturated heterocycles. The zero-order valence-corrected chi connectivity index (χ0v) is 12.0. The fourth-order valence-corrected chi connectivity index (χ4v) is 1.52. The lowest BCUT2D eigenvalue weighted by atomic mass is 10.1. The molecule has 0 fully saturated rings. The van der Waals surface area contributed by atoms with E-state index < -0.39 is 0 Å². The maximum Gasteiger partial charge on any atom is 0.322 e. The van der Waals surface area contributed by atoms with Crippen molar-refractivity contribution < 1.29 is 4.79 Å². The number of nitrogens with one attached hydrogen (secondary N) is 1. The highest BCUT2D eigenvalue weighted by Gasteiger charge is 2.18. The highest BCUT2D eigenvalue weighted by molar-refractivity contribution is 7.80. The second-order valence-electron chi connectivity index (χ2n) is 5.15. The molecule has 0 spiro atoms. The minimum atomic E-state index is -0.272. The summed E-state index contributed by atoms with van der Waals surface area (Å²) >= 11 is 4.92. The molecular weight excluding hydrogens is 246 g/mol. The van der Waals surface area contributed by atoms with Crippen LogP contribution >= 0.6 is 12.2 Å². The van der Waals surface area contributed by atoms with Gasteiger partial charge in [0.1, 0.15) is 4.99 Å². The quantitative estimate of drug-likeness (QED) is 0.806. The summed E-state index contributed by atoms with van der Waals surface area (Å²) < 4.78 is 0. The number of hydrogen-bond acceptors (Lipinski definition) is 2. The molecule has 0 saturated carbocycles. The standard InChI is InChI=1S/C13H19N3OS/c1-13(2,3)15-12(17)16(4)10-7-5-6-9(8-10)11(14)18/h5-8H,1-4H3,(H2,14,18)(H,15,17). The Kier molecular flexibility index (Phi) is 4.29. The van der Waals surface area contributed by atoms with Crippen molar-refractivity contribution in [3.8, 4) is 0 Å². The number of thiocarbonyl (C=S) groups is 1. The molecule has 2 amide bonds. The number of urea groups is 1. The third-order valence-electron chi connectivity index (χ3n) is 2.30. The normalized spacial score (nSPS) is 10.9. The minimum Gasteiger partial charge on any atom is -0.389 e. The summed E-state index contributed by atoms with van der Waals surface area (Å²) in [4.78, 5) is 13.8. The summed E-state index contributed by atoms with van der Waals surface area (Å²) in [6.45, 7) is 5.80. The number of nitrogens with two attached hydrogens (primary N) is 1. The third-order valence-corrected chi connectivity index (χ3v) is 2.54. The molecule has 1 aromatic carbocycles. The number of amides is 2. The lowest BCUT2D eigenvalue weighted by molar-refractivity contribution is 0.239. The van der Waals surface area contributed by atoms with E-state index in [0.717, 1.165) is 11.3 Å². The number of anilines is 1. The second kappa shape index (κ2) is 5.35. The van der Waals surface area contributed by atoms with Gasteiger partial charge in [-0.1, -0.05) is 24.4 Å². The average molecular weight is 265 g/mol. The van der Waals surface area contributed by atoms with Gasteiger partial charge in [-0.3, -0.25) is 4.90 Å². The van der Waals surface area contributed by atoms with Crippen LogP contribution in [0.3, 0.4) is 0 Å². The molecule has 0 heterocycles. The molecule has 1 rings (SSSR count). The summed E-state index contributed by atoms with van der Waals surface area (Å²) in [6.07, 6.45) is 0. The van der Waals surface area contributed by atoms with Crippen molar-refractivity contribution in [3.05, 3.63) is 29.8 Å². The fraction of sp³-hybridized carbons (Fsp3) is 0.385. The van der Waals surface area contributed by atoms with Gasteiger partial charge in [0, 0.05) is 23.8 Å². The van der Waals surface area contributed by atoms with Crippen molar-refractivity contribution >= 4 is 28.9 Å². The Bertz CT molecular complexity index is 466. The predicted molar refractivity (Wildman–Crippen MR) is 79.0 cm³/mol. The Balaban J connectivity index is 2.90. The monoisotopic (exact) mass is 265 g/mol. The van der Waals surface area contributed by atoms with E-state index in [1.165, 1.54) is 4.90 Å². The van der Waals surface area contributed by atoms with Gasteiger partial charge in [-0.05, 0) is 32.9 Å². The van der Waals surface area contributed by atoms with Crippen molar-refractivity contribution in [2.24, 2.45) is 5.73 Å². The number of nitrogens with zero attached hydrogens (tertiary/aromatic N) is 1.